The molecule has 0 aromatic heterocycles. The van der Waals surface area contributed by atoms with Crippen molar-refractivity contribution in [3.63, 3.8) is 0 Å². The molecule has 0 aliphatic heterocycles. The van der Waals surface area contributed by atoms with Crippen molar-refractivity contribution in [1.29, 1.82) is 0 Å². The third kappa shape index (κ3) is 57.9. The van der Waals surface area contributed by atoms with Crippen molar-refractivity contribution in [2.24, 2.45) is 0 Å². The number of carbonyl (C=O) groups excluding carboxylic acids is 2. The van der Waals surface area contributed by atoms with Gasteiger partial charge in [-0.1, -0.05) is 321 Å². The summed E-state index contributed by atoms with van der Waals surface area (Å²) in [6.07, 6.45) is 75.1. The van der Waals surface area contributed by atoms with Crippen molar-refractivity contribution >= 4 is 11.9 Å². The monoisotopic (exact) mass is 1020 g/mol. The van der Waals surface area contributed by atoms with Crippen molar-refractivity contribution in [3.05, 3.63) is 12.2 Å². The number of esters is 1. The van der Waals surface area contributed by atoms with Crippen LogP contribution in [0.5, 0.6) is 0 Å². The summed E-state index contributed by atoms with van der Waals surface area (Å²) in [4.78, 5) is 24.6. The third-order valence-corrected chi connectivity index (χ3v) is 15.6. The van der Waals surface area contributed by atoms with Gasteiger partial charge in [-0.05, 0) is 51.4 Å². The topological polar surface area (TPSA) is 95.9 Å². The molecule has 0 aromatic carbocycles. The number of hydrogen-bond acceptors (Lipinski definition) is 5. The number of carbonyl (C=O) groups is 2. The average Bonchev–Trinajstić information content (AvgIpc) is 3.38. The van der Waals surface area contributed by atoms with Crippen LogP contribution in [0.1, 0.15) is 373 Å². The molecule has 6 nitrogen and oxygen atoms in total. The predicted molar refractivity (Wildman–Crippen MR) is 315 cm³/mol. The smallest absolute Gasteiger partial charge is 0.305 e. The van der Waals surface area contributed by atoms with E-state index in [2.05, 4.69) is 31.3 Å². The van der Waals surface area contributed by atoms with Gasteiger partial charge in [0.25, 0.3) is 0 Å². The first kappa shape index (κ1) is 70.6. The summed E-state index contributed by atoms with van der Waals surface area (Å²) in [7, 11) is 0. The number of ether oxygens (including phenoxy) is 1. The van der Waals surface area contributed by atoms with Crippen LogP contribution in [-0.2, 0) is 14.3 Å². The zero-order valence-electron chi connectivity index (χ0n) is 48.9. The molecule has 6 heteroatoms. The fourth-order valence-electron chi connectivity index (χ4n) is 10.5. The van der Waals surface area contributed by atoms with E-state index >= 15 is 0 Å². The Morgan fingerprint density at radius 2 is 0.653 bits per heavy atom. The first-order valence-corrected chi connectivity index (χ1v) is 32.9. The molecule has 72 heavy (non-hydrogen) atoms. The minimum Gasteiger partial charge on any atom is -0.466 e. The van der Waals surface area contributed by atoms with Gasteiger partial charge in [0.15, 0.2) is 0 Å². The van der Waals surface area contributed by atoms with Gasteiger partial charge in [-0.2, -0.15) is 0 Å². The highest BCUT2D eigenvalue weighted by molar-refractivity contribution is 5.76. The Bertz CT molecular complexity index is 1080. The van der Waals surface area contributed by atoms with Crippen LogP contribution in [0.3, 0.4) is 0 Å². The molecule has 0 rings (SSSR count). The molecule has 0 aliphatic carbocycles. The molecule has 0 heterocycles. The minimum absolute atomic E-state index is 0.00286. The molecule has 2 unspecified atom stereocenters. The summed E-state index contributed by atoms with van der Waals surface area (Å²) in [6.45, 7) is 4.98. The van der Waals surface area contributed by atoms with Crippen LogP contribution < -0.4 is 5.32 Å². The van der Waals surface area contributed by atoms with Gasteiger partial charge in [0.2, 0.25) is 5.91 Å². The van der Waals surface area contributed by atoms with Gasteiger partial charge in [0, 0.05) is 12.8 Å². The van der Waals surface area contributed by atoms with Gasteiger partial charge in [0.1, 0.15) is 0 Å². The van der Waals surface area contributed by atoms with Crippen molar-refractivity contribution in [3.8, 4) is 0 Å². The fourth-order valence-corrected chi connectivity index (χ4v) is 10.5. The molecule has 0 aliphatic rings. The molecule has 3 N–H and O–H groups in total. The number of hydrogen-bond donors (Lipinski definition) is 3. The standard InChI is InChI=1S/C66H129NO5/c1-3-5-7-9-11-13-15-17-19-21-22-24-27-30-34-38-42-46-50-54-58-64(69)63(62-68)67-65(70)59-55-51-47-43-39-35-31-28-25-23-26-29-33-37-41-45-49-53-57-61-72-66(71)60-56-52-48-44-40-36-32-20-18-16-14-12-10-8-6-4-2/h20,32,63-64,68-69H,3-19,21-31,33-62H2,1-2H3,(H,67,70)/b32-20-. The molecule has 2 atom stereocenters. The maximum absolute atomic E-state index is 12.5. The van der Waals surface area contributed by atoms with Crippen LogP contribution in [-0.4, -0.2) is 47.4 Å². The van der Waals surface area contributed by atoms with E-state index in [-0.39, 0.29) is 18.5 Å². The Morgan fingerprint density at radius 1 is 0.375 bits per heavy atom. The summed E-state index contributed by atoms with van der Waals surface area (Å²) >= 11 is 0. The van der Waals surface area contributed by atoms with Crippen molar-refractivity contribution in [2.75, 3.05) is 13.2 Å². The quantitative estimate of drug-likeness (QED) is 0.0320. The second-order valence-electron chi connectivity index (χ2n) is 22.8. The number of nitrogens with one attached hydrogen (secondary N) is 1. The molecular weight excluding hydrogens is 887 g/mol. The summed E-state index contributed by atoms with van der Waals surface area (Å²) in [6, 6.07) is -0.544. The summed E-state index contributed by atoms with van der Waals surface area (Å²) in [5.74, 6) is -0.0309. The van der Waals surface area contributed by atoms with E-state index in [9.17, 15) is 19.8 Å². The minimum atomic E-state index is -0.667. The average molecular weight is 1020 g/mol. The van der Waals surface area contributed by atoms with Crippen LogP contribution in [0.2, 0.25) is 0 Å². The van der Waals surface area contributed by atoms with Gasteiger partial charge >= 0.3 is 5.97 Å². The van der Waals surface area contributed by atoms with E-state index in [0.29, 0.717) is 25.9 Å². The molecule has 0 spiro atoms. The molecule has 0 radical (unpaired) electrons. The zero-order valence-corrected chi connectivity index (χ0v) is 48.9. The van der Waals surface area contributed by atoms with Gasteiger partial charge in [-0.15, -0.1) is 0 Å². The highest BCUT2D eigenvalue weighted by atomic mass is 16.5. The first-order valence-electron chi connectivity index (χ1n) is 32.9. The predicted octanol–water partition coefficient (Wildman–Crippen LogP) is 20.8. The zero-order chi connectivity index (χ0) is 52.2. The van der Waals surface area contributed by atoms with Crippen molar-refractivity contribution < 1.29 is 24.5 Å². The lowest BCUT2D eigenvalue weighted by atomic mass is 10.0. The SMILES string of the molecule is CCCCCCCCC/C=C\CCCCCCCC(=O)OCCCCCCCCCCCCCCCCCCCCCC(=O)NC(CO)C(O)CCCCCCCCCCCCCCCCCCCCCC. The van der Waals surface area contributed by atoms with E-state index in [1.165, 1.54) is 295 Å². The van der Waals surface area contributed by atoms with Crippen LogP contribution in [0, 0.1) is 0 Å². The van der Waals surface area contributed by atoms with Crippen LogP contribution in [0.25, 0.3) is 0 Å². The van der Waals surface area contributed by atoms with E-state index in [1.54, 1.807) is 0 Å². The van der Waals surface area contributed by atoms with Crippen molar-refractivity contribution in [1.82, 2.24) is 5.32 Å². The highest BCUT2D eigenvalue weighted by Crippen LogP contribution is 2.19. The number of aliphatic hydroxyl groups excluding tert-OH is 2. The third-order valence-electron chi connectivity index (χ3n) is 15.6. The Morgan fingerprint density at radius 3 is 0.986 bits per heavy atom. The fraction of sp³-hybridized carbons (Fsp3) is 0.939. The number of rotatable bonds is 62. The molecule has 0 fully saturated rings. The Hall–Kier alpha value is -1.40. The molecule has 0 aromatic rings. The van der Waals surface area contributed by atoms with Crippen LogP contribution in [0.15, 0.2) is 12.2 Å². The Labute approximate surface area is 450 Å². The van der Waals surface area contributed by atoms with Gasteiger partial charge < -0.3 is 20.3 Å². The number of aliphatic hydroxyl groups is 2. The van der Waals surface area contributed by atoms with Gasteiger partial charge in [-0.25, -0.2) is 0 Å². The second-order valence-corrected chi connectivity index (χ2v) is 22.8. The normalized spacial score (nSPS) is 12.6. The molecular formula is C66H129NO5. The molecule has 0 bridgehead atoms. The van der Waals surface area contributed by atoms with Crippen molar-refractivity contribution in [2.45, 2.75) is 386 Å². The molecule has 0 saturated heterocycles. The van der Waals surface area contributed by atoms with E-state index in [0.717, 1.165) is 44.9 Å². The number of unbranched alkanes of at least 4 members (excludes halogenated alkanes) is 49. The molecule has 0 saturated carbocycles. The lowest BCUT2D eigenvalue weighted by molar-refractivity contribution is -0.143. The number of allylic oxidation sites excluding steroid dienone is 2. The maximum atomic E-state index is 12.5. The molecule has 1 amide bonds. The largest absolute Gasteiger partial charge is 0.466 e. The first-order chi connectivity index (χ1) is 35.5. The second kappa shape index (κ2) is 62.1. The Balaban J connectivity index is 3.39. The van der Waals surface area contributed by atoms with Crippen LogP contribution >= 0.6 is 0 Å². The highest BCUT2D eigenvalue weighted by Gasteiger charge is 2.20. The van der Waals surface area contributed by atoms with E-state index < -0.39 is 12.1 Å². The molecule has 428 valence electrons. The lowest BCUT2D eigenvalue weighted by Crippen LogP contribution is -2.45. The van der Waals surface area contributed by atoms with E-state index in [4.69, 9.17) is 4.74 Å². The lowest BCUT2D eigenvalue weighted by Gasteiger charge is -2.22. The Kier molecular flexibility index (Phi) is 60.9. The summed E-state index contributed by atoms with van der Waals surface area (Å²) < 4.78 is 5.49. The van der Waals surface area contributed by atoms with Gasteiger partial charge in [-0.3, -0.25) is 9.59 Å². The maximum Gasteiger partial charge on any atom is 0.305 e. The van der Waals surface area contributed by atoms with Gasteiger partial charge in [0.05, 0.1) is 25.4 Å². The van der Waals surface area contributed by atoms with Crippen LogP contribution in [0.4, 0.5) is 0 Å². The summed E-state index contributed by atoms with van der Waals surface area (Å²) in [5.41, 5.74) is 0. The van der Waals surface area contributed by atoms with E-state index in [1.807, 2.05) is 0 Å². The number of amides is 1. The summed E-state index contributed by atoms with van der Waals surface area (Å²) in [5, 5.41) is 23.4.